The van der Waals surface area contributed by atoms with Gasteiger partial charge in [0.15, 0.2) is 5.78 Å². The molecule has 0 saturated heterocycles. The highest BCUT2D eigenvalue weighted by molar-refractivity contribution is 6.03. The molecule has 42 heavy (non-hydrogen) atoms. The van der Waals surface area contributed by atoms with E-state index < -0.39 is 12.0 Å². The van der Waals surface area contributed by atoms with Gasteiger partial charge in [0, 0.05) is 35.9 Å². The molecule has 0 aliphatic carbocycles. The number of ketones is 1. The van der Waals surface area contributed by atoms with Crippen LogP contribution in [0.3, 0.4) is 0 Å². The molecule has 1 aliphatic heterocycles. The summed E-state index contributed by atoms with van der Waals surface area (Å²) < 4.78 is 1.90. The van der Waals surface area contributed by atoms with E-state index in [9.17, 15) is 19.5 Å². The molecular weight excluding hydrogens is 528 g/mol. The van der Waals surface area contributed by atoms with Gasteiger partial charge in [-0.25, -0.2) is 0 Å². The van der Waals surface area contributed by atoms with E-state index in [2.05, 4.69) is 15.6 Å². The molecule has 0 spiro atoms. The third-order valence-corrected chi connectivity index (χ3v) is 7.47. The number of para-hydroxylation sites is 1. The molecule has 1 atom stereocenters. The van der Waals surface area contributed by atoms with E-state index in [0.29, 0.717) is 35.6 Å². The number of nitrogens with zero attached hydrogens (tertiary/aromatic N) is 2. The van der Waals surface area contributed by atoms with Gasteiger partial charge < -0.3 is 20.3 Å². The Morgan fingerprint density at radius 2 is 1.69 bits per heavy atom. The van der Waals surface area contributed by atoms with Gasteiger partial charge in [-0.3, -0.25) is 19.4 Å². The zero-order valence-corrected chi connectivity index (χ0v) is 22.7. The third kappa shape index (κ3) is 5.42. The number of amides is 1. The highest BCUT2D eigenvalue weighted by Crippen LogP contribution is 2.33. The number of hydrogen-bond donors (Lipinski definition) is 3. The van der Waals surface area contributed by atoms with Gasteiger partial charge in [-0.05, 0) is 52.1 Å². The van der Waals surface area contributed by atoms with E-state index in [4.69, 9.17) is 0 Å². The third-order valence-electron chi connectivity index (χ3n) is 7.47. The molecule has 0 radical (unpaired) electrons. The minimum absolute atomic E-state index is 0.0859. The fraction of sp³-hybridized carbons (Fsp3) is 0.118. The number of pyridine rings is 1. The molecule has 3 heterocycles. The first-order chi connectivity index (χ1) is 20.5. The number of carboxylic acids is 1. The van der Waals surface area contributed by atoms with Crippen LogP contribution in [0.1, 0.15) is 49.3 Å². The molecule has 208 valence electrons. The number of aliphatic carboxylic acids is 1. The van der Waals surface area contributed by atoms with Crippen LogP contribution < -0.4 is 10.6 Å². The number of fused-ring (bicyclic) bond motifs is 2. The van der Waals surface area contributed by atoms with E-state index >= 15 is 0 Å². The van der Waals surface area contributed by atoms with Crippen LogP contribution in [0.25, 0.3) is 11.1 Å². The van der Waals surface area contributed by atoms with Crippen molar-refractivity contribution >= 4 is 23.3 Å². The van der Waals surface area contributed by atoms with Gasteiger partial charge in [0.2, 0.25) is 0 Å². The first-order valence-corrected chi connectivity index (χ1v) is 13.6. The summed E-state index contributed by atoms with van der Waals surface area (Å²) >= 11 is 0. The lowest BCUT2D eigenvalue weighted by atomic mass is 9.95. The topological polar surface area (TPSA) is 113 Å². The molecule has 0 fully saturated rings. The Hall–Kier alpha value is -5.50. The molecular formula is C34H28N4O4. The van der Waals surface area contributed by atoms with Crippen molar-refractivity contribution < 1.29 is 19.5 Å². The SMILES string of the molecule is O=C(O)Cc1ccccc1-c1ccc(C(=O)C2Nc3ccccc3Cn3c(C(=O)NCc4cccnc4)ccc32)cc1. The lowest BCUT2D eigenvalue weighted by Crippen LogP contribution is -2.27. The second-order valence-electron chi connectivity index (χ2n) is 10.2. The minimum atomic E-state index is -0.901. The summed E-state index contributed by atoms with van der Waals surface area (Å²) in [7, 11) is 0. The number of anilines is 1. The summed E-state index contributed by atoms with van der Waals surface area (Å²) in [6, 6.07) is 28.9. The van der Waals surface area contributed by atoms with E-state index in [1.54, 1.807) is 36.7 Å². The molecule has 8 nitrogen and oxygen atoms in total. The Kier molecular flexibility index (Phi) is 7.34. The number of carbonyl (C=O) groups is 3. The second kappa shape index (κ2) is 11.5. The number of Topliss-reactive ketones (excluding diaryl/α,β-unsaturated/α-hetero) is 1. The second-order valence-corrected chi connectivity index (χ2v) is 10.2. The zero-order chi connectivity index (χ0) is 29.1. The van der Waals surface area contributed by atoms with Crippen LogP contribution in [0.4, 0.5) is 5.69 Å². The average Bonchev–Trinajstić information content (AvgIpc) is 3.35. The molecule has 3 N–H and O–H groups in total. The van der Waals surface area contributed by atoms with Crippen LogP contribution in [0.15, 0.2) is 109 Å². The average molecular weight is 557 g/mol. The van der Waals surface area contributed by atoms with Crippen LogP contribution in [0, 0.1) is 0 Å². The van der Waals surface area contributed by atoms with Crippen molar-refractivity contribution in [3.8, 4) is 11.1 Å². The summed E-state index contributed by atoms with van der Waals surface area (Å²) in [5.74, 6) is -1.28. The van der Waals surface area contributed by atoms with E-state index in [-0.39, 0.29) is 18.1 Å². The molecule has 6 rings (SSSR count). The zero-order valence-electron chi connectivity index (χ0n) is 22.7. The smallest absolute Gasteiger partial charge is 0.307 e. The quantitative estimate of drug-likeness (QED) is 0.218. The Balaban J connectivity index is 1.31. The molecule has 2 aromatic heterocycles. The summed E-state index contributed by atoms with van der Waals surface area (Å²) in [6.45, 7) is 0.774. The van der Waals surface area contributed by atoms with Gasteiger partial charge in [-0.15, -0.1) is 0 Å². The molecule has 8 heteroatoms. The largest absolute Gasteiger partial charge is 0.481 e. The maximum Gasteiger partial charge on any atom is 0.307 e. The molecule has 0 saturated carbocycles. The van der Waals surface area contributed by atoms with Gasteiger partial charge in [0.1, 0.15) is 11.7 Å². The Morgan fingerprint density at radius 3 is 2.48 bits per heavy atom. The lowest BCUT2D eigenvalue weighted by molar-refractivity contribution is -0.136. The predicted octanol–water partition coefficient (Wildman–Crippen LogP) is 5.51. The van der Waals surface area contributed by atoms with E-state index in [1.807, 2.05) is 77.4 Å². The van der Waals surface area contributed by atoms with Crippen LogP contribution >= 0.6 is 0 Å². The molecule has 1 unspecified atom stereocenters. The first kappa shape index (κ1) is 26.7. The fourth-order valence-electron chi connectivity index (χ4n) is 5.38. The van der Waals surface area contributed by atoms with Crippen molar-refractivity contribution in [3.05, 3.63) is 143 Å². The first-order valence-electron chi connectivity index (χ1n) is 13.6. The number of hydrogen-bond acceptors (Lipinski definition) is 5. The molecule has 0 bridgehead atoms. The standard InChI is InChI=1S/C34H28N4O4/c39-31(40)18-25-7-1-3-9-27(25)23-11-13-24(14-12-23)33(41)32-29-15-16-30(34(42)36-20-22-6-5-17-35-19-22)38(29)21-26-8-2-4-10-28(26)37-32/h1-17,19,32,37H,18,20-21H2,(H,36,42)(H,39,40). The van der Waals surface area contributed by atoms with E-state index in [1.165, 1.54) is 0 Å². The Morgan fingerprint density at radius 1 is 0.905 bits per heavy atom. The normalized spacial score (nSPS) is 13.7. The molecule has 3 aromatic carbocycles. The number of nitrogens with one attached hydrogen (secondary N) is 2. The van der Waals surface area contributed by atoms with Crippen molar-refractivity contribution in [1.29, 1.82) is 0 Å². The highest BCUT2D eigenvalue weighted by Gasteiger charge is 2.30. The number of benzene rings is 3. The minimum Gasteiger partial charge on any atom is -0.481 e. The number of aromatic nitrogens is 2. The lowest BCUT2D eigenvalue weighted by Gasteiger charge is -2.19. The van der Waals surface area contributed by atoms with Crippen LogP contribution in [-0.4, -0.2) is 32.3 Å². The number of rotatable bonds is 8. The monoisotopic (exact) mass is 556 g/mol. The van der Waals surface area contributed by atoms with Crippen molar-refractivity contribution in [3.63, 3.8) is 0 Å². The number of carboxylic acid groups (broad SMARTS) is 1. The molecule has 1 aliphatic rings. The Bertz CT molecular complexity index is 1780. The summed E-state index contributed by atoms with van der Waals surface area (Å²) in [5, 5.41) is 15.7. The van der Waals surface area contributed by atoms with E-state index in [0.717, 1.165) is 27.9 Å². The fourth-order valence-corrected chi connectivity index (χ4v) is 5.38. The summed E-state index contributed by atoms with van der Waals surface area (Å²) in [6.07, 6.45) is 3.31. The van der Waals surface area contributed by atoms with Crippen molar-refractivity contribution in [2.24, 2.45) is 0 Å². The maximum atomic E-state index is 14.0. The molecule has 1 amide bonds. The van der Waals surface area contributed by atoms with Crippen molar-refractivity contribution in [1.82, 2.24) is 14.9 Å². The predicted molar refractivity (Wildman–Crippen MR) is 159 cm³/mol. The van der Waals surface area contributed by atoms with Gasteiger partial charge in [0.25, 0.3) is 5.91 Å². The summed E-state index contributed by atoms with van der Waals surface area (Å²) in [4.78, 5) is 42.8. The van der Waals surface area contributed by atoms with Gasteiger partial charge >= 0.3 is 5.97 Å². The van der Waals surface area contributed by atoms with Gasteiger partial charge in [-0.1, -0.05) is 72.8 Å². The van der Waals surface area contributed by atoms with Crippen LogP contribution in [0.2, 0.25) is 0 Å². The van der Waals surface area contributed by atoms with Crippen molar-refractivity contribution in [2.75, 3.05) is 5.32 Å². The van der Waals surface area contributed by atoms with Crippen molar-refractivity contribution in [2.45, 2.75) is 25.6 Å². The highest BCUT2D eigenvalue weighted by atomic mass is 16.4. The summed E-state index contributed by atoms with van der Waals surface area (Å²) in [5.41, 5.74) is 6.71. The van der Waals surface area contributed by atoms with Gasteiger partial charge in [0.05, 0.1) is 13.0 Å². The Labute approximate surface area is 242 Å². The molecule has 5 aromatic rings. The van der Waals surface area contributed by atoms with Gasteiger partial charge in [-0.2, -0.15) is 0 Å². The maximum absolute atomic E-state index is 14.0. The number of carbonyl (C=O) groups excluding carboxylic acids is 2. The van der Waals surface area contributed by atoms with Crippen LogP contribution in [0.5, 0.6) is 0 Å². The van der Waals surface area contributed by atoms with Crippen LogP contribution in [-0.2, 0) is 24.3 Å².